The Morgan fingerprint density at radius 2 is 1.42 bits per heavy atom. The molecule has 24 heavy (non-hydrogen) atoms. The number of ether oxygens (including phenoxy) is 1. The van der Waals surface area contributed by atoms with Crippen LogP contribution in [0.3, 0.4) is 0 Å². The third kappa shape index (κ3) is 1.71. The van der Waals surface area contributed by atoms with Crippen molar-refractivity contribution in [2.75, 3.05) is 0 Å². The molecule has 0 amide bonds. The summed E-state index contributed by atoms with van der Waals surface area (Å²) in [7, 11) is 0. The monoisotopic (exact) mass is 327 g/mol. The molecule has 0 aromatic heterocycles. The molecule has 0 atom stereocenters. The lowest BCUT2D eigenvalue weighted by Crippen LogP contribution is -2.70. The number of esters is 1. The second-order valence-corrected chi connectivity index (χ2v) is 10.4. The van der Waals surface area contributed by atoms with E-state index in [-0.39, 0.29) is 22.4 Å². The Morgan fingerprint density at radius 1 is 1.00 bits per heavy atom. The van der Waals surface area contributed by atoms with Crippen molar-refractivity contribution in [3.05, 3.63) is 0 Å². The van der Waals surface area contributed by atoms with E-state index in [0.717, 1.165) is 80.5 Å². The Hall–Kier alpha value is -1.04. The molecular formula is C21H29NO2. The number of nitrogens with zero attached hydrogens (tertiary/aromatic N) is 1. The van der Waals surface area contributed by atoms with Crippen LogP contribution < -0.4 is 0 Å². The summed E-state index contributed by atoms with van der Waals surface area (Å²) >= 11 is 0. The first kappa shape index (κ1) is 15.2. The van der Waals surface area contributed by atoms with Crippen LogP contribution in [0.25, 0.3) is 0 Å². The maximum atomic E-state index is 12.8. The summed E-state index contributed by atoms with van der Waals surface area (Å²) in [6, 6.07) is 2.72. The van der Waals surface area contributed by atoms with Gasteiger partial charge in [0.1, 0.15) is 5.60 Å². The predicted octanol–water partition coefficient (Wildman–Crippen LogP) is 4.32. The van der Waals surface area contributed by atoms with Gasteiger partial charge in [-0.15, -0.1) is 0 Å². The summed E-state index contributed by atoms with van der Waals surface area (Å²) in [6.07, 6.45) is 7.45. The number of rotatable bonds is 3. The van der Waals surface area contributed by atoms with E-state index in [1.54, 1.807) is 0 Å². The number of hydrogen-bond donors (Lipinski definition) is 0. The van der Waals surface area contributed by atoms with E-state index in [1.165, 1.54) is 0 Å². The minimum absolute atomic E-state index is 0.00170. The van der Waals surface area contributed by atoms with Crippen LogP contribution in [-0.2, 0) is 9.53 Å². The third-order valence-electron chi connectivity index (χ3n) is 8.98. The zero-order valence-electron chi connectivity index (χ0n) is 15.2. The van der Waals surface area contributed by atoms with Crippen molar-refractivity contribution in [3.8, 4) is 6.07 Å². The number of hydrogen-bond acceptors (Lipinski definition) is 3. The predicted molar refractivity (Wildman–Crippen MR) is 89.6 cm³/mol. The van der Waals surface area contributed by atoms with Gasteiger partial charge in [0.2, 0.25) is 0 Å². The van der Waals surface area contributed by atoms with E-state index in [4.69, 9.17) is 4.74 Å². The van der Waals surface area contributed by atoms with Crippen molar-refractivity contribution < 1.29 is 9.53 Å². The Balaban J connectivity index is 1.45. The van der Waals surface area contributed by atoms with Gasteiger partial charge in [0.05, 0.1) is 16.9 Å². The van der Waals surface area contributed by atoms with Crippen molar-refractivity contribution in [2.24, 2.45) is 46.3 Å². The Kier molecular flexibility index (Phi) is 2.78. The largest absolute Gasteiger partial charge is 0.459 e. The Labute approximate surface area is 145 Å². The van der Waals surface area contributed by atoms with Gasteiger partial charge in [-0.2, -0.15) is 5.26 Å². The van der Waals surface area contributed by atoms with E-state index in [1.807, 2.05) is 13.8 Å². The maximum absolute atomic E-state index is 12.8. The molecule has 3 heteroatoms. The standard InChI is InChI=1S/C21H29NO2/c1-4-19(2,3)18(23)24-21-8-15-12-5-20(11-22)6-13(15)17(10-21)14(7-20)16(12)9-21/h12-17H,4-10H2,1-3H3. The first-order valence-electron chi connectivity index (χ1n) is 9.97. The minimum Gasteiger partial charge on any atom is -0.459 e. The van der Waals surface area contributed by atoms with E-state index in [0.29, 0.717) is 0 Å². The smallest absolute Gasteiger partial charge is 0.312 e. The van der Waals surface area contributed by atoms with Crippen LogP contribution in [0, 0.1) is 57.7 Å². The average molecular weight is 327 g/mol. The maximum Gasteiger partial charge on any atom is 0.312 e. The molecule has 0 aromatic carbocycles. The van der Waals surface area contributed by atoms with Crippen LogP contribution in [0.2, 0.25) is 0 Å². The molecule has 3 nitrogen and oxygen atoms in total. The van der Waals surface area contributed by atoms with Crippen LogP contribution >= 0.6 is 0 Å². The normalized spacial score (nSPS) is 53.2. The van der Waals surface area contributed by atoms with Gasteiger partial charge in [-0.1, -0.05) is 6.92 Å². The lowest BCUT2D eigenvalue weighted by molar-refractivity contribution is -0.274. The average Bonchev–Trinajstić information content (AvgIpc) is 2.58. The van der Waals surface area contributed by atoms with Crippen LogP contribution in [0.4, 0.5) is 0 Å². The highest BCUT2D eigenvalue weighted by molar-refractivity contribution is 5.76. The highest BCUT2D eigenvalue weighted by atomic mass is 16.6. The van der Waals surface area contributed by atoms with E-state index < -0.39 is 0 Å². The van der Waals surface area contributed by atoms with Gasteiger partial charge in [-0.3, -0.25) is 4.79 Å². The zero-order chi connectivity index (χ0) is 16.9. The van der Waals surface area contributed by atoms with Gasteiger partial charge >= 0.3 is 5.97 Å². The molecule has 130 valence electrons. The molecule has 7 fully saturated rings. The second kappa shape index (κ2) is 4.37. The van der Waals surface area contributed by atoms with Gasteiger partial charge < -0.3 is 4.74 Å². The van der Waals surface area contributed by atoms with Gasteiger partial charge in [0.25, 0.3) is 0 Å². The fourth-order valence-corrected chi connectivity index (χ4v) is 7.60. The molecule has 0 radical (unpaired) electrons. The van der Waals surface area contributed by atoms with Crippen molar-refractivity contribution in [1.82, 2.24) is 0 Å². The van der Waals surface area contributed by atoms with Gasteiger partial charge in [-0.05, 0) is 94.3 Å². The summed E-state index contributed by atoms with van der Waals surface area (Å²) in [5.74, 6) is 4.39. The zero-order valence-corrected chi connectivity index (χ0v) is 15.2. The fraction of sp³-hybridized carbons (Fsp3) is 0.905. The molecule has 0 saturated heterocycles. The second-order valence-electron chi connectivity index (χ2n) is 10.4. The topological polar surface area (TPSA) is 50.1 Å². The summed E-state index contributed by atoms with van der Waals surface area (Å²) in [4.78, 5) is 12.8. The lowest BCUT2D eigenvalue weighted by Gasteiger charge is -2.73. The van der Waals surface area contributed by atoms with Crippen LogP contribution in [-0.4, -0.2) is 11.6 Å². The molecule has 7 saturated carbocycles. The quantitative estimate of drug-likeness (QED) is 0.725. The van der Waals surface area contributed by atoms with Crippen molar-refractivity contribution in [3.63, 3.8) is 0 Å². The molecule has 8 bridgehead atoms. The molecule has 7 rings (SSSR count). The first-order chi connectivity index (χ1) is 11.3. The minimum atomic E-state index is -0.369. The van der Waals surface area contributed by atoms with E-state index >= 15 is 0 Å². The van der Waals surface area contributed by atoms with Gasteiger partial charge in [0.15, 0.2) is 0 Å². The molecule has 7 aliphatic carbocycles. The molecule has 7 aliphatic rings. The SMILES string of the molecule is CCC(C)(C)C(=O)OC12CC3C4CC5(C#N)CC3C(C1)C(C5)C4C2. The highest BCUT2D eigenvalue weighted by Gasteiger charge is 2.71. The van der Waals surface area contributed by atoms with Gasteiger partial charge in [0, 0.05) is 0 Å². The summed E-state index contributed by atoms with van der Waals surface area (Å²) in [5, 5.41) is 9.76. The fourth-order valence-electron chi connectivity index (χ4n) is 7.60. The van der Waals surface area contributed by atoms with E-state index in [9.17, 15) is 10.1 Å². The molecule has 0 N–H and O–H groups in total. The molecular weight excluding hydrogens is 298 g/mol. The third-order valence-corrected chi connectivity index (χ3v) is 8.98. The lowest BCUT2D eigenvalue weighted by atomic mass is 9.32. The molecule has 0 aromatic rings. The number of carbonyl (C=O) groups excluding carboxylic acids is 1. The van der Waals surface area contributed by atoms with Crippen LogP contribution in [0.1, 0.15) is 65.7 Å². The number of carbonyl (C=O) groups is 1. The first-order valence-corrected chi connectivity index (χ1v) is 9.97. The number of nitriles is 1. The molecule has 0 spiro atoms. The van der Waals surface area contributed by atoms with Crippen molar-refractivity contribution in [2.45, 2.75) is 71.3 Å². The van der Waals surface area contributed by atoms with Crippen LogP contribution in [0.15, 0.2) is 0 Å². The summed E-state index contributed by atoms with van der Waals surface area (Å²) in [5.41, 5.74) is -0.537. The molecule has 0 aliphatic heterocycles. The van der Waals surface area contributed by atoms with Crippen molar-refractivity contribution >= 4 is 5.97 Å². The van der Waals surface area contributed by atoms with Crippen LogP contribution in [0.5, 0.6) is 0 Å². The summed E-state index contributed by atoms with van der Waals surface area (Å²) < 4.78 is 6.28. The molecule has 0 heterocycles. The Morgan fingerprint density at radius 3 is 1.79 bits per heavy atom. The van der Waals surface area contributed by atoms with Gasteiger partial charge in [-0.25, -0.2) is 0 Å². The molecule has 0 unspecified atom stereocenters. The van der Waals surface area contributed by atoms with E-state index in [2.05, 4.69) is 13.0 Å². The van der Waals surface area contributed by atoms with Crippen molar-refractivity contribution in [1.29, 1.82) is 5.26 Å². The summed E-state index contributed by atoms with van der Waals surface area (Å²) in [6.45, 7) is 6.09. The Bertz CT molecular complexity index is 580. The highest BCUT2D eigenvalue weighted by Crippen LogP contribution is 2.75.